The number of halogens is 1. The summed E-state index contributed by atoms with van der Waals surface area (Å²) >= 11 is 1.57. The topological polar surface area (TPSA) is 83.1 Å². The van der Waals surface area contributed by atoms with Crippen LogP contribution in [0.1, 0.15) is 11.9 Å². The molecule has 0 aliphatic rings. The molecule has 2 amide bonds. The van der Waals surface area contributed by atoms with Crippen LogP contribution in [0.3, 0.4) is 0 Å². The smallest absolute Gasteiger partial charge is 0.243 e. The van der Waals surface area contributed by atoms with E-state index in [1.54, 1.807) is 17.4 Å². The molecule has 3 aromatic rings. The summed E-state index contributed by atoms with van der Waals surface area (Å²) in [6.07, 6.45) is 0. The lowest BCUT2D eigenvalue weighted by Crippen LogP contribution is -2.21. The second-order valence-corrected chi connectivity index (χ2v) is 7.17. The molecule has 2 aromatic carbocycles. The van der Waals surface area contributed by atoms with Crippen LogP contribution in [-0.2, 0) is 9.59 Å². The number of carbonyl (C=O) groups excluding carboxylic acids is 2. The molecule has 0 saturated carbocycles. The van der Waals surface area contributed by atoms with Crippen molar-refractivity contribution in [2.24, 2.45) is 0 Å². The number of nitrogens with zero attached hydrogens (tertiary/aromatic N) is 1. The molecule has 0 unspecified atom stereocenters. The van der Waals surface area contributed by atoms with Crippen molar-refractivity contribution in [3.63, 3.8) is 0 Å². The van der Waals surface area contributed by atoms with Crippen molar-refractivity contribution in [2.45, 2.75) is 13.8 Å². The molecule has 1 aromatic heterocycles. The van der Waals surface area contributed by atoms with E-state index in [1.807, 2.05) is 30.5 Å². The summed E-state index contributed by atoms with van der Waals surface area (Å²) in [5.74, 6) is -1.17. The number of thiazole rings is 1. The van der Waals surface area contributed by atoms with Gasteiger partial charge in [-0.05, 0) is 37.3 Å². The van der Waals surface area contributed by atoms with Crippen molar-refractivity contribution < 1.29 is 14.0 Å². The van der Waals surface area contributed by atoms with Crippen LogP contribution in [-0.4, -0.2) is 23.3 Å². The molecular weight excluding hydrogens is 379 g/mol. The Bertz CT molecular complexity index is 1020. The fraction of sp³-hybridized carbons (Fsp3) is 0.150. The quantitative estimate of drug-likeness (QED) is 0.579. The fourth-order valence-corrected chi connectivity index (χ4v) is 3.18. The number of aromatic nitrogens is 1. The Balaban J connectivity index is 1.61. The molecule has 0 atom stereocenters. The summed E-state index contributed by atoms with van der Waals surface area (Å²) in [5.41, 5.74) is 3.03. The van der Waals surface area contributed by atoms with Crippen LogP contribution in [0.25, 0.3) is 11.3 Å². The fourth-order valence-electron chi connectivity index (χ4n) is 2.56. The zero-order valence-corrected chi connectivity index (χ0v) is 16.2. The first kappa shape index (κ1) is 19.5. The number of amides is 2. The first-order chi connectivity index (χ1) is 13.4. The number of carbonyl (C=O) groups is 2. The lowest BCUT2D eigenvalue weighted by Gasteiger charge is -2.11. The minimum atomic E-state index is -0.542. The van der Waals surface area contributed by atoms with E-state index in [0.717, 1.165) is 16.3 Å². The van der Waals surface area contributed by atoms with Crippen molar-refractivity contribution in [2.75, 3.05) is 22.5 Å². The predicted molar refractivity (Wildman–Crippen MR) is 110 cm³/mol. The van der Waals surface area contributed by atoms with Crippen molar-refractivity contribution >= 4 is 40.2 Å². The number of rotatable bonds is 6. The highest BCUT2D eigenvalue weighted by Gasteiger charge is 2.08. The minimum Gasteiger partial charge on any atom is -0.376 e. The Morgan fingerprint density at radius 1 is 1.11 bits per heavy atom. The van der Waals surface area contributed by atoms with Gasteiger partial charge >= 0.3 is 0 Å². The first-order valence-corrected chi connectivity index (χ1v) is 9.42. The van der Waals surface area contributed by atoms with Gasteiger partial charge in [-0.1, -0.05) is 12.1 Å². The van der Waals surface area contributed by atoms with E-state index in [9.17, 15) is 14.0 Å². The average molecular weight is 398 g/mol. The summed E-state index contributed by atoms with van der Waals surface area (Å²) in [4.78, 5) is 27.8. The van der Waals surface area contributed by atoms with E-state index < -0.39 is 5.82 Å². The van der Waals surface area contributed by atoms with Gasteiger partial charge in [0.1, 0.15) is 5.82 Å². The third kappa shape index (κ3) is 5.14. The molecule has 0 bridgehead atoms. The molecule has 3 N–H and O–H groups in total. The third-order valence-electron chi connectivity index (χ3n) is 3.79. The molecule has 0 aliphatic heterocycles. The Kier molecular flexibility index (Phi) is 6.00. The van der Waals surface area contributed by atoms with Gasteiger partial charge < -0.3 is 16.0 Å². The maximum Gasteiger partial charge on any atom is 0.243 e. The first-order valence-electron chi connectivity index (χ1n) is 8.54. The lowest BCUT2D eigenvalue weighted by atomic mass is 10.1. The SMILES string of the molecule is CC(=O)Nc1cc(NCC(=O)Nc2cccc(-c3csc(C)n3)c2)ccc1F. The van der Waals surface area contributed by atoms with Crippen LogP contribution in [0, 0.1) is 12.7 Å². The molecule has 0 saturated heterocycles. The summed E-state index contributed by atoms with van der Waals surface area (Å²) in [6, 6.07) is 11.6. The number of hydrogen-bond acceptors (Lipinski definition) is 5. The standard InChI is InChI=1S/C20H19FN4O2S/c1-12(26)23-18-9-15(6-7-17(18)21)22-10-20(27)25-16-5-3-4-14(8-16)19-11-28-13(2)24-19/h3-9,11,22H,10H2,1-2H3,(H,23,26)(H,25,27). The zero-order valence-electron chi connectivity index (χ0n) is 15.4. The molecule has 0 aliphatic carbocycles. The monoisotopic (exact) mass is 398 g/mol. The van der Waals surface area contributed by atoms with Crippen molar-refractivity contribution in [1.29, 1.82) is 0 Å². The Hall–Kier alpha value is -3.26. The highest BCUT2D eigenvalue weighted by Crippen LogP contribution is 2.24. The molecule has 0 fully saturated rings. The largest absolute Gasteiger partial charge is 0.376 e. The van der Waals surface area contributed by atoms with Crippen LogP contribution < -0.4 is 16.0 Å². The molecule has 1 heterocycles. The number of aryl methyl sites for hydroxylation is 1. The van der Waals surface area contributed by atoms with Crippen LogP contribution in [0.2, 0.25) is 0 Å². The van der Waals surface area contributed by atoms with Gasteiger partial charge in [-0.15, -0.1) is 11.3 Å². The second-order valence-electron chi connectivity index (χ2n) is 6.11. The van der Waals surface area contributed by atoms with Gasteiger partial charge in [0.05, 0.1) is 22.9 Å². The van der Waals surface area contributed by atoms with Gasteiger partial charge in [-0.2, -0.15) is 0 Å². The predicted octanol–water partition coefficient (Wildman–Crippen LogP) is 4.27. The molecule has 3 rings (SSSR count). The number of anilines is 3. The van der Waals surface area contributed by atoms with Gasteiger partial charge in [0.25, 0.3) is 0 Å². The van der Waals surface area contributed by atoms with E-state index in [-0.39, 0.29) is 24.0 Å². The van der Waals surface area contributed by atoms with E-state index in [2.05, 4.69) is 20.9 Å². The van der Waals surface area contributed by atoms with Crippen molar-refractivity contribution in [3.8, 4) is 11.3 Å². The van der Waals surface area contributed by atoms with Crippen LogP contribution in [0.4, 0.5) is 21.5 Å². The normalized spacial score (nSPS) is 10.4. The number of hydrogen-bond donors (Lipinski definition) is 3. The summed E-state index contributed by atoms with van der Waals surface area (Å²) in [7, 11) is 0. The molecule has 6 nitrogen and oxygen atoms in total. The Morgan fingerprint density at radius 3 is 2.64 bits per heavy atom. The summed E-state index contributed by atoms with van der Waals surface area (Å²) in [5, 5.41) is 11.1. The molecule has 144 valence electrons. The van der Waals surface area contributed by atoms with E-state index in [1.165, 1.54) is 25.1 Å². The maximum absolute atomic E-state index is 13.7. The van der Waals surface area contributed by atoms with E-state index in [4.69, 9.17) is 0 Å². The van der Waals surface area contributed by atoms with Gasteiger partial charge in [0.2, 0.25) is 11.8 Å². The molecule has 0 radical (unpaired) electrons. The molecule has 8 heteroatoms. The Morgan fingerprint density at radius 2 is 1.93 bits per heavy atom. The van der Waals surface area contributed by atoms with Crippen LogP contribution in [0.5, 0.6) is 0 Å². The summed E-state index contributed by atoms with van der Waals surface area (Å²) in [6.45, 7) is 3.23. The van der Waals surface area contributed by atoms with Gasteiger partial charge in [0, 0.05) is 29.2 Å². The third-order valence-corrected chi connectivity index (χ3v) is 4.56. The minimum absolute atomic E-state index is 0.00875. The second kappa shape index (κ2) is 8.62. The molecular formula is C20H19FN4O2S. The van der Waals surface area contributed by atoms with E-state index >= 15 is 0 Å². The summed E-state index contributed by atoms with van der Waals surface area (Å²) < 4.78 is 13.7. The average Bonchev–Trinajstić information content (AvgIpc) is 3.09. The highest BCUT2D eigenvalue weighted by atomic mass is 32.1. The van der Waals surface area contributed by atoms with Crippen LogP contribution >= 0.6 is 11.3 Å². The van der Waals surface area contributed by atoms with Crippen LogP contribution in [0.15, 0.2) is 47.8 Å². The van der Waals surface area contributed by atoms with Gasteiger partial charge in [0.15, 0.2) is 0 Å². The Labute approximate surface area is 165 Å². The lowest BCUT2D eigenvalue weighted by molar-refractivity contribution is -0.115. The number of benzene rings is 2. The van der Waals surface area contributed by atoms with Gasteiger partial charge in [-0.3, -0.25) is 9.59 Å². The maximum atomic E-state index is 13.7. The van der Waals surface area contributed by atoms with Crippen molar-refractivity contribution in [3.05, 3.63) is 58.7 Å². The zero-order chi connectivity index (χ0) is 20.1. The molecule has 0 spiro atoms. The van der Waals surface area contributed by atoms with Crippen molar-refractivity contribution in [1.82, 2.24) is 4.98 Å². The van der Waals surface area contributed by atoms with E-state index in [0.29, 0.717) is 11.4 Å². The molecule has 28 heavy (non-hydrogen) atoms. The highest BCUT2D eigenvalue weighted by molar-refractivity contribution is 7.09. The number of nitrogens with one attached hydrogen (secondary N) is 3. The van der Waals surface area contributed by atoms with Gasteiger partial charge in [-0.25, -0.2) is 9.37 Å².